The van der Waals surface area contributed by atoms with E-state index in [2.05, 4.69) is 41.5 Å². The van der Waals surface area contributed by atoms with Gasteiger partial charge in [0.25, 0.3) is 0 Å². The van der Waals surface area contributed by atoms with Crippen LogP contribution in [0.2, 0.25) is 0 Å². The highest BCUT2D eigenvalue weighted by molar-refractivity contribution is 5.90. The molecule has 1 aromatic carbocycles. The third kappa shape index (κ3) is 2.20. The van der Waals surface area contributed by atoms with E-state index in [0.717, 1.165) is 12.1 Å². The van der Waals surface area contributed by atoms with Crippen LogP contribution in [0.1, 0.15) is 32.6 Å². The van der Waals surface area contributed by atoms with E-state index < -0.39 is 0 Å². The lowest BCUT2D eigenvalue weighted by Gasteiger charge is -2.24. The van der Waals surface area contributed by atoms with Crippen LogP contribution in [0.15, 0.2) is 36.5 Å². The third-order valence-electron chi connectivity index (χ3n) is 4.17. The molecule has 18 heavy (non-hydrogen) atoms. The molecular weight excluding hydrogens is 220 g/mol. The second-order valence-corrected chi connectivity index (χ2v) is 5.75. The van der Waals surface area contributed by atoms with Crippen molar-refractivity contribution in [1.82, 2.24) is 4.98 Å². The number of aromatic nitrogens is 1. The lowest BCUT2D eigenvalue weighted by molar-refractivity contribution is 0.362. The van der Waals surface area contributed by atoms with Crippen molar-refractivity contribution in [2.45, 2.75) is 32.6 Å². The first-order chi connectivity index (χ1) is 8.77. The van der Waals surface area contributed by atoms with Gasteiger partial charge in [0.1, 0.15) is 0 Å². The Morgan fingerprint density at radius 3 is 2.78 bits per heavy atom. The highest BCUT2D eigenvalue weighted by Crippen LogP contribution is 2.37. The average Bonchev–Trinajstić information content (AvgIpc) is 2.84. The van der Waals surface area contributed by atoms with E-state index in [9.17, 15) is 0 Å². The molecule has 3 rings (SSSR count). The summed E-state index contributed by atoms with van der Waals surface area (Å²) < 4.78 is 0. The minimum atomic E-state index is 0.477. The molecular formula is C16H20N2. The molecule has 1 fully saturated rings. The predicted molar refractivity (Wildman–Crippen MR) is 76.8 cm³/mol. The number of pyridine rings is 1. The average molecular weight is 240 g/mol. The molecule has 0 amide bonds. The number of hydrogen-bond donors (Lipinski definition) is 1. The maximum atomic E-state index is 4.40. The zero-order valence-electron chi connectivity index (χ0n) is 10.9. The van der Waals surface area contributed by atoms with E-state index in [0.29, 0.717) is 5.41 Å². The fourth-order valence-electron chi connectivity index (χ4n) is 2.96. The molecule has 0 atom stereocenters. The van der Waals surface area contributed by atoms with Crippen molar-refractivity contribution in [1.29, 1.82) is 0 Å². The summed E-state index contributed by atoms with van der Waals surface area (Å²) >= 11 is 0. The summed E-state index contributed by atoms with van der Waals surface area (Å²) in [4.78, 5) is 4.40. The van der Waals surface area contributed by atoms with E-state index in [1.807, 2.05) is 12.3 Å². The summed E-state index contributed by atoms with van der Waals surface area (Å²) in [6.45, 7) is 3.47. The van der Waals surface area contributed by atoms with Gasteiger partial charge < -0.3 is 5.32 Å². The molecule has 2 nitrogen and oxygen atoms in total. The minimum Gasteiger partial charge on any atom is -0.384 e. The van der Waals surface area contributed by atoms with E-state index in [-0.39, 0.29) is 0 Å². The molecule has 2 heteroatoms. The van der Waals surface area contributed by atoms with Gasteiger partial charge in [0.05, 0.1) is 5.52 Å². The molecule has 0 unspecified atom stereocenters. The summed E-state index contributed by atoms with van der Waals surface area (Å²) in [5, 5.41) is 4.85. The molecule has 0 bridgehead atoms. The number of benzene rings is 1. The van der Waals surface area contributed by atoms with Gasteiger partial charge in [-0.05, 0) is 30.4 Å². The van der Waals surface area contributed by atoms with Gasteiger partial charge in [-0.15, -0.1) is 0 Å². The summed E-state index contributed by atoms with van der Waals surface area (Å²) in [5.41, 5.74) is 2.76. The maximum Gasteiger partial charge on any atom is 0.0722 e. The maximum absolute atomic E-state index is 4.40. The van der Waals surface area contributed by atoms with Crippen molar-refractivity contribution in [2.75, 3.05) is 11.9 Å². The quantitative estimate of drug-likeness (QED) is 0.868. The molecule has 94 valence electrons. The summed E-state index contributed by atoms with van der Waals surface area (Å²) in [7, 11) is 0. The Bertz CT molecular complexity index is 536. The van der Waals surface area contributed by atoms with E-state index >= 15 is 0 Å². The molecule has 1 aromatic heterocycles. The van der Waals surface area contributed by atoms with Crippen molar-refractivity contribution in [3.05, 3.63) is 36.5 Å². The Morgan fingerprint density at radius 2 is 1.94 bits per heavy atom. The van der Waals surface area contributed by atoms with Gasteiger partial charge in [0, 0.05) is 23.8 Å². The highest BCUT2D eigenvalue weighted by Gasteiger charge is 2.28. The Hall–Kier alpha value is -1.57. The molecule has 0 aliphatic heterocycles. The molecule has 1 aliphatic rings. The summed E-state index contributed by atoms with van der Waals surface area (Å²) in [6, 6.07) is 10.4. The summed E-state index contributed by atoms with van der Waals surface area (Å²) in [5.74, 6) is 0. The zero-order valence-corrected chi connectivity index (χ0v) is 10.9. The van der Waals surface area contributed by atoms with Crippen LogP contribution in [0.4, 0.5) is 5.69 Å². The van der Waals surface area contributed by atoms with Crippen LogP contribution >= 0.6 is 0 Å². The fourth-order valence-corrected chi connectivity index (χ4v) is 2.96. The zero-order chi connectivity index (χ0) is 12.4. The summed E-state index contributed by atoms with van der Waals surface area (Å²) in [6.07, 6.45) is 7.36. The number of nitrogens with one attached hydrogen (secondary N) is 1. The monoisotopic (exact) mass is 240 g/mol. The molecule has 0 radical (unpaired) electrons. The van der Waals surface area contributed by atoms with Gasteiger partial charge in [0.15, 0.2) is 0 Å². The molecule has 0 spiro atoms. The fraction of sp³-hybridized carbons (Fsp3) is 0.438. The van der Waals surface area contributed by atoms with Crippen LogP contribution in [-0.4, -0.2) is 11.5 Å². The Kier molecular flexibility index (Phi) is 2.94. The second kappa shape index (κ2) is 4.60. The van der Waals surface area contributed by atoms with Gasteiger partial charge in [-0.2, -0.15) is 0 Å². The standard InChI is InChI=1S/C16H20N2/c1-16(9-4-5-10-16)12-18-15-8-11-17-14-7-3-2-6-13(14)15/h2-3,6-8,11H,4-5,9-10,12H2,1H3,(H,17,18). The minimum absolute atomic E-state index is 0.477. The molecule has 1 N–H and O–H groups in total. The van der Waals surface area contributed by atoms with E-state index in [1.165, 1.54) is 36.8 Å². The molecule has 1 saturated carbocycles. The van der Waals surface area contributed by atoms with Gasteiger partial charge in [-0.3, -0.25) is 4.98 Å². The van der Waals surface area contributed by atoms with Crippen LogP contribution in [0.3, 0.4) is 0 Å². The van der Waals surface area contributed by atoms with Gasteiger partial charge >= 0.3 is 0 Å². The Balaban J connectivity index is 1.82. The SMILES string of the molecule is CC1(CNc2ccnc3ccccc23)CCCC1. The number of nitrogens with zero attached hydrogens (tertiary/aromatic N) is 1. The number of anilines is 1. The van der Waals surface area contributed by atoms with Crippen LogP contribution in [0, 0.1) is 5.41 Å². The molecule has 1 heterocycles. The molecule has 2 aromatic rings. The first-order valence-corrected chi connectivity index (χ1v) is 6.85. The first-order valence-electron chi connectivity index (χ1n) is 6.85. The number of para-hydroxylation sites is 1. The van der Waals surface area contributed by atoms with Crippen LogP contribution in [0.5, 0.6) is 0 Å². The normalized spacial score (nSPS) is 18.1. The Labute approximate surface area is 108 Å². The van der Waals surface area contributed by atoms with Crippen molar-refractivity contribution >= 4 is 16.6 Å². The largest absolute Gasteiger partial charge is 0.384 e. The lowest BCUT2D eigenvalue weighted by atomic mass is 9.89. The second-order valence-electron chi connectivity index (χ2n) is 5.75. The van der Waals surface area contributed by atoms with Gasteiger partial charge in [-0.25, -0.2) is 0 Å². The predicted octanol–water partition coefficient (Wildman–Crippen LogP) is 4.23. The topological polar surface area (TPSA) is 24.9 Å². The third-order valence-corrected chi connectivity index (χ3v) is 4.17. The number of hydrogen-bond acceptors (Lipinski definition) is 2. The number of rotatable bonds is 3. The smallest absolute Gasteiger partial charge is 0.0722 e. The highest BCUT2D eigenvalue weighted by atomic mass is 14.9. The van der Waals surface area contributed by atoms with E-state index in [1.54, 1.807) is 0 Å². The number of fused-ring (bicyclic) bond motifs is 1. The van der Waals surface area contributed by atoms with Crippen molar-refractivity contribution in [3.63, 3.8) is 0 Å². The van der Waals surface area contributed by atoms with Crippen molar-refractivity contribution in [3.8, 4) is 0 Å². The molecule has 0 saturated heterocycles. The van der Waals surface area contributed by atoms with Crippen molar-refractivity contribution < 1.29 is 0 Å². The molecule has 1 aliphatic carbocycles. The van der Waals surface area contributed by atoms with E-state index in [4.69, 9.17) is 0 Å². The Morgan fingerprint density at radius 1 is 1.17 bits per heavy atom. The van der Waals surface area contributed by atoms with Crippen LogP contribution in [-0.2, 0) is 0 Å². The van der Waals surface area contributed by atoms with Crippen LogP contribution in [0.25, 0.3) is 10.9 Å². The first kappa shape index (κ1) is 11.5. The lowest BCUT2D eigenvalue weighted by Crippen LogP contribution is -2.23. The van der Waals surface area contributed by atoms with Gasteiger partial charge in [-0.1, -0.05) is 38.0 Å². The van der Waals surface area contributed by atoms with Crippen molar-refractivity contribution in [2.24, 2.45) is 5.41 Å². The van der Waals surface area contributed by atoms with Gasteiger partial charge in [0.2, 0.25) is 0 Å². The van der Waals surface area contributed by atoms with Crippen LogP contribution < -0.4 is 5.32 Å².